The molecule has 0 aromatic heterocycles. The molecule has 13 heavy (non-hydrogen) atoms. The van der Waals surface area contributed by atoms with Gasteiger partial charge in [-0.1, -0.05) is 26.2 Å². The van der Waals surface area contributed by atoms with Crippen molar-refractivity contribution in [2.45, 2.75) is 39.0 Å². The van der Waals surface area contributed by atoms with Crippen LogP contribution >= 0.6 is 11.8 Å². The molecule has 0 unspecified atom stereocenters. The van der Waals surface area contributed by atoms with Crippen molar-refractivity contribution in [3.05, 3.63) is 0 Å². The fraction of sp³-hybridized carbons (Fsp3) is 0.889. The first-order valence-corrected chi connectivity index (χ1v) is 6.04. The van der Waals surface area contributed by atoms with Gasteiger partial charge >= 0.3 is 0 Å². The van der Waals surface area contributed by atoms with Gasteiger partial charge in [-0.15, -0.1) is 0 Å². The van der Waals surface area contributed by atoms with Crippen LogP contribution < -0.4 is 11.3 Å². The largest absolute Gasteiger partial charge is 0.294 e. The van der Waals surface area contributed by atoms with Crippen molar-refractivity contribution in [2.75, 3.05) is 11.5 Å². The summed E-state index contributed by atoms with van der Waals surface area (Å²) in [6.45, 7) is 2.21. The minimum absolute atomic E-state index is 0.0685. The number of carbonyl (C=O) groups excluding carboxylic acids is 1. The maximum atomic E-state index is 10.7. The number of carbonyl (C=O) groups is 1. The molecule has 0 fully saturated rings. The lowest BCUT2D eigenvalue weighted by molar-refractivity contribution is -0.120. The Morgan fingerprint density at radius 1 is 1.31 bits per heavy atom. The van der Waals surface area contributed by atoms with E-state index in [1.54, 1.807) is 0 Å². The predicted molar refractivity (Wildman–Crippen MR) is 58.4 cm³/mol. The van der Waals surface area contributed by atoms with E-state index in [9.17, 15) is 4.79 Å². The van der Waals surface area contributed by atoms with E-state index < -0.39 is 0 Å². The normalized spacial score (nSPS) is 10.0. The van der Waals surface area contributed by atoms with E-state index in [1.807, 2.05) is 11.8 Å². The number of thioether (sulfide) groups is 1. The van der Waals surface area contributed by atoms with Crippen molar-refractivity contribution in [3.8, 4) is 0 Å². The predicted octanol–water partition coefficient (Wildman–Crippen LogP) is 1.68. The van der Waals surface area contributed by atoms with Crippen LogP contribution in [0.4, 0.5) is 0 Å². The molecule has 0 aliphatic rings. The van der Waals surface area contributed by atoms with Crippen LogP contribution in [-0.4, -0.2) is 17.4 Å². The summed E-state index contributed by atoms with van der Waals surface area (Å²) in [7, 11) is 0. The second kappa shape index (κ2) is 9.86. The third kappa shape index (κ3) is 9.70. The molecule has 3 N–H and O–H groups in total. The van der Waals surface area contributed by atoms with Crippen molar-refractivity contribution in [2.24, 2.45) is 5.84 Å². The maximum Gasteiger partial charge on any atom is 0.234 e. The van der Waals surface area contributed by atoms with E-state index in [0.29, 0.717) is 6.42 Å². The van der Waals surface area contributed by atoms with Gasteiger partial charge in [0.05, 0.1) is 0 Å². The fourth-order valence-electron chi connectivity index (χ4n) is 0.970. The van der Waals surface area contributed by atoms with E-state index in [1.165, 1.54) is 25.7 Å². The minimum atomic E-state index is -0.0685. The van der Waals surface area contributed by atoms with E-state index in [2.05, 4.69) is 12.3 Å². The number of hydrazine groups is 1. The number of nitrogens with one attached hydrogen (secondary N) is 1. The van der Waals surface area contributed by atoms with Crippen LogP contribution in [-0.2, 0) is 4.79 Å². The Labute approximate surface area is 84.8 Å². The Kier molecular flexibility index (Phi) is 9.70. The van der Waals surface area contributed by atoms with Gasteiger partial charge in [-0.25, -0.2) is 5.84 Å². The second-order valence-corrected chi connectivity index (χ2v) is 4.22. The van der Waals surface area contributed by atoms with E-state index in [-0.39, 0.29) is 5.91 Å². The van der Waals surface area contributed by atoms with Crippen molar-refractivity contribution in [1.82, 2.24) is 5.43 Å². The Balaban J connectivity index is 2.95. The topological polar surface area (TPSA) is 55.1 Å². The summed E-state index contributed by atoms with van der Waals surface area (Å²) < 4.78 is 0. The molecule has 0 heterocycles. The summed E-state index contributed by atoms with van der Waals surface area (Å²) in [6, 6.07) is 0. The molecule has 0 saturated heterocycles. The van der Waals surface area contributed by atoms with Crippen molar-refractivity contribution >= 4 is 17.7 Å². The average Bonchev–Trinajstić information content (AvgIpc) is 2.16. The first-order chi connectivity index (χ1) is 6.31. The van der Waals surface area contributed by atoms with Gasteiger partial charge in [-0.3, -0.25) is 10.2 Å². The zero-order valence-corrected chi connectivity index (χ0v) is 9.16. The van der Waals surface area contributed by atoms with Crippen molar-refractivity contribution in [3.63, 3.8) is 0 Å². The van der Waals surface area contributed by atoms with Crippen LogP contribution in [0.15, 0.2) is 0 Å². The Hall–Kier alpha value is -0.220. The van der Waals surface area contributed by atoms with Gasteiger partial charge in [0.25, 0.3) is 0 Å². The SMILES string of the molecule is CCCCCCSCCC(=O)NN. The number of nitrogens with two attached hydrogens (primary N) is 1. The number of hydrogen-bond acceptors (Lipinski definition) is 3. The lowest BCUT2D eigenvalue weighted by Gasteiger charge is -2.00. The van der Waals surface area contributed by atoms with E-state index in [0.717, 1.165) is 11.5 Å². The molecule has 3 nitrogen and oxygen atoms in total. The highest BCUT2D eigenvalue weighted by Gasteiger charge is 1.97. The highest BCUT2D eigenvalue weighted by molar-refractivity contribution is 7.99. The van der Waals surface area contributed by atoms with Gasteiger partial charge in [0.15, 0.2) is 0 Å². The molecule has 0 rings (SSSR count). The minimum Gasteiger partial charge on any atom is -0.294 e. The van der Waals surface area contributed by atoms with Crippen LogP contribution in [0.1, 0.15) is 39.0 Å². The summed E-state index contributed by atoms with van der Waals surface area (Å²) in [5.41, 5.74) is 2.12. The average molecular weight is 204 g/mol. The Morgan fingerprint density at radius 2 is 2.08 bits per heavy atom. The van der Waals surface area contributed by atoms with Crippen LogP contribution in [0.25, 0.3) is 0 Å². The van der Waals surface area contributed by atoms with Gasteiger partial charge in [0, 0.05) is 12.2 Å². The van der Waals surface area contributed by atoms with Crippen LogP contribution in [0, 0.1) is 0 Å². The monoisotopic (exact) mass is 204 g/mol. The second-order valence-electron chi connectivity index (χ2n) is 2.99. The number of hydrogen-bond donors (Lipinski definition) is 2. The first-order valence-electron chi connectivity index (χ1n) is 4.88. The lowest BCUT2D eigenvalue weighted by Crippen LogP contribution is -2.30. The molecule has 0 aliphatic heterocycles. The van der Waals surface area contributed by atoms with Gasteiger partial charge in [-0.2, -0.15) is 11.8 Å². The summed E-state index contributed by atoms with van der Waals surface area (Å²) in [4.78, 5) is 10.7. The zero-order valence-electron chi connectivity index (χ0n) is 8.34. The number of rotatable bonds is 8. The summed E-state index contributed by atoms with van der Waals surface area (Å²) >= 11 is 1.83. The third-order valence-corrected chi connectivity index (χ3v) is 2.85. The molecule has 0 atom stereocenters. The third-order valence-electron chi connectivity index (χ3n) is 1.78. The molecule has 78 valence electrons. The van der Waals surface area contributed by atoms with Gasteiger partial charge in [0.1, 0.15) is 0 Å². The molecule has 0 spiro atoms. The van der Waals surface area contributed by atoms with E-state index in [4.69, 9.17) is 5.84 Å². The molecular formula is C9H20N2OS. The molecule has 1 amide bonds. The molecule has 4 heteroatoms. The maximum absolute atomic E-state index is 10.7. The Bertz CT molecular complexity index is 131. The van der Waals surface area contributed by atoms with Crippen molar-refractivity contribution < 1.29 is 4.79 Å². The first kappa shape index (κ1) is 12.8. The summed E-state index contributed by atoms with van der Waals surface area (Å²) in [5, 5.41) is 0. The summed E-state index contributed by atoms with van der Waals surface area (Å²) in [5.74, 6) is 6.92. The zero-order chi connectivity index (χ0) is 9.94. The van der Waals surface area contributed by atoms with Gasteiger partial charge in [-0.05, 0) is 12.2 Å². The number of amides is 1. The van der Waals surface area contributed by atoms with Crippen LogP contribution in [0.5, 0.6) is 0 Å². The quantitative estimate of drug-likeness (QED) is 0.274. The number of unbranched alkanes of at least 4 members (excludes halogenated alkanes) is 3. The van der Waals surface area contributed by atoms with Gasteiger partial charge < -0.3 is 0 Å². The molecule has 0 bridgehead atoms. The smallest absolute Gasteiger partial charge is 0.234 e. The van der Waals surface area contributed by atoms with Crippen LogP contribution in [0.3, 0.4) is 0 Å². The van der Waals surface area contributed by atoms with Crippen molar-refractivity contribution in [1.29, 1.82) is 0 Å². The lowest BCUT2D eigenvalue weighted by atomic mass is 10.2. The molecule has 0 saturated carbocycles. The van der Waals surface area contributed by atoms with E-state index >= 15 is 0 Å². The van der Waals surface area contributed by atoms with Gasteiger partial charge in [0.2, 0.25) is 5.91 Å². The molecule has 0 aliphatic carbocycles. The standard InChI is InChI=1S/C9H20N2OS/c1-2-3-4-5-7-13-8-6-9(12)11-10/h2-8,10H2,1H3,(H,11,12). The highest BCUT2D eigenvalue weighted by Crippen LogP contribution is 2.08. The molecular weight excluding hydrogens is 184 g/mol. The molecule has 0 aromatic rings. The molecule has 0 radical (unpaired) electrons. The Morgan fingerprint density at radius 3 is 2.69 bits per heavy atom. The molecule has 0 aromatic carbocycles. The van der Waals surface area contributed by atoms with Crippen LogP contribution in [0.2, 0.25) is 0 Å². The highest BCUT2D eigenvalue weighted by atomic mass is 32.2. The summed E-state index contributed by atoms with van der Waals surface area (Å²) in [6.07, 6.45) is 5.72. The fourth-order valence-corrected chi connectivity index (χ4v) is 1.91.